The van der Waals surface area contributed by atoms with Crippen molar-refractivity contribution in [3.05, 3.63) is 347 Å². The largest absolute Gasteiger partial charge is 0.180 e. The molecule has 2 aliphatic heterocycles. The van der Waals surface area contributed by atoms with Gasteiger partial charge in [0.2, 0.25) is 0 Å². The Morgan fingerprint density at radius 3 is 1.10 bits per heavy atom. The maximum absolute atomic E-state index is 2.97. The molecular weight excluding hydrogens is 969 g/mol. The summed E-state index contributed by atoms with van der Waals surface area (Å²) in [5.41, 5.74) is 22.0. The van der Waals surface area contributed by atoms with E-state index in [1.54, 1.807) is 20.7 Å². The van der Waals surface area contributed by atoms with Gasteiger partial charge in [0.25, 0.3) is 0 Å². The smallest absolute Gasteiger partial charge is 0.0623 e. The van der Waals surface area contributed by atoms with Gasteiger partial charge >= 0.3 is 0 Å². The quantitative estimate of drug-likeness (QED) is 0.110. The summed E-state index contributed by atoms with van der Waals surface area (Å²) in [6, 6.07) is 113. The lowest BCUT2D eigenvalue weighted by atomic mass is 9.84. The van der Waals surface area contributed by atoms with Crippen LogP contribution in [0.5, 0.6) is 0 Å². The van der Waals surface area contributed by atoms with Gasteiger partial charge in [-0.15, -0.1) is 0 Å². The van der Waals surface area contributed by atoms with E-state index in [1.807, 2.05) is 0 Å². The molecule has 0 fully saturated rings. The lowest BCUT2D eigenvalue weighted by Gasteiger charge is -2.44. The van der Waals surface area contributed by atoms with Crippen LogP contribution in [0.4, 0.5) is 0 Å². The Kier molecular flexibility index (Phi) is 10.3. The van der Waals surface area contributed by atoms with E-state index in [4.69, 9.17) is 0 Å². The second-order valence-corrected chi connectivity index (χ2v) is 29.6. The Hall–Kier alpha value is -8.93. The van der Waals surface area contributed by atoms with E-state index in [1.165, 1.54) is 110 Å². The molecule has 1 atom stereocenters. The van der Waals surface area contributed by atoms with Gasteiger partial charge in [0.05, 0.1) is 0 Å². The van der Waals surface area contributed by atoms with Gasteiger partial charge in [-0.25, -0.2) is 0 Å². The zero-order valence-corrected chi connectivity index (χ0v) is 45.3. The molecule has 0 radical (unpaired) electrons. The number of benzene rings is 12. The van der Waals surface area contributed by atoms with E-state index in [9.17, 15) is 0 Å². The lowest BCUT2D eigenvalue weighted by Crippen LogP contribution is -2.79. The first kappa shape index (κ1) is 45.3. The van der Waals surface area contributed by atoms with Crippen LogP contribution in [0, 0.1) is 0 Å². The highest BCUT2D eigenvalue weighted by atomic mass is 28.3. The van der Waals surface area contributed by atoms with Crippen LogP contribution in [0.1, 0.15) is 67.5 Å². The van der Waals surface area contributed by atoms with Crippen molar-refractivity contribution < 1.29 is 0 Å². The van der Waals surface area contributed by atoms with Gasteiger partial charge in [-0.05, 0) is 149 Å². The topological polar surface area (TPSA) is 0 Å². The average molecular weight is 1020 g/mol. The van der Waals surface area contributed by atoms with Gasteiger partial charge in [0.15, 0.2) is 16.1 Å². The Bertz CT molecular complexity index is 4140. The zero-order chi connectivity index (χ0) is 51.4. The minimum atomic E-state index is -2.97. The molecule has 2 aliphatic carbocycles. The van der Waals surface area contributed by atoms with Crippen molar-refractivity contribution in [3.8, 4) is 33.4 Å². The van der Waals surface area contributed by atoms with Crippen molar-refractivity contribution >= 4 is 57.6 Å². The maximum atomic E-state index is 2.64. The van der Waals surface area contributed by atoms with E-state index in [0.717, 1.165) is 12.8 Å². The van der Waals surface area contributed by atoms with Gasteiger partial charge in [-0.1, -0.05) is 285 Å². The van der Waals surface area contributed by atoms with E-state index >= 15 is 0 Å². The van der Waals surface area contributed by atoms with Crippen LogP contribution in [-0.2, 0) is 12.8 Å². The molecule has 1 spiro atoms. The molecule has 0 amide bonds. The Morgan fingerprint density at radius 2 is 0.615 bits per heavy atom. The molecule has 0 N–H and O–H groups in total. The zero-order valence-electron chi connectivity index (χ0n) is 43.3. The molecule has 0 bridgehead atoms. The van der Waals surface area contributed by atoms with Crippen LogP contribution in [0.15, 0.2) is 291 Å². The summed E-state index contributed by atoms with van der Waals surface area (Å²) in [5.74, 6) is 0.111. The van der Waals surface area contributed by atoms with Crippen LogP contribution in [-0.4, -0.2) is 16.1 Å². The summed E-state index contributed by atoms with van der Waals surface area (Å²) < 4.78 is 0. The van der Waals surface area contributed by atoms with E-state index in [2.05, 4.69) is 291 Å². The number of hydrogen-bond donors (Lipinski definition) is 0. The highest BCUT2D eigenvalue weighted by Gasteiger charge is 2.50. The third-order valence-corrected chi connectivity index (χ3v) is 28.3. The fraction of sp³-hybridized carbons (Fsp3) is 0.0526. The molecule has 0 saturated carbocycles. The second kappa shape index (κ2) is 17.8. The molecule has 78 heavy (non-hydrogen) atoms. The first-order valence-electron chi connectivity index (χ1n) is 27.8. The van der Waals surface area contributed by atoms with Crippen molar-refractivity contribution in [1.82, 2.24) is 0 Å². The van der Waals surface area contributed by atoms with Crippen LogP contribution in [0.25, 0.3) is 33.4 Å². The fourth-order valence-electron chi connectivity index (χ4n) is 15.2. The van der Waals surface area contributed by atoms with Gasteiger partial charge in [0.1, 0.15) is 0 Å². The van der Waals surface area contributed by atoms with Crippen molar-refractivity contribution in [3.63, 3.8) is 0 Å². The molecule has 1 unspecified atom stereocenters. The normalized spacial score (nSPS) is 15.0. The van der Waals surface area contributed by atoms with Crippen LogP contribution in [0.3, 0.4) is 0 Å². The standard InChI is InChI=1S/C76H54Si2/c1-4-25-59(26-5-1)77(60-27-6-2-7-28-60,61-29-8-3-9-30-61)62-48-57(75-66-34-16-13-31-63(66)64-32-14-17-35-67(64)75)47-58(49-62)76-68-36-18-15-33-65(68)70-50-52(40-42-69(70)76)51-41-43-74-56(44-51)46-55-24-12-21-39-73(55)78(74)71-37-19-10-22-53(71)45-54-23-11-20-38-72(54)78/h1-44,47-50,75-76H,45-46H2. The highest BCUT2D eigenvalue weighted by Crippen LogP contribution is 2.52. The van der Waals surface area contributed by atoms with Crippen molar-refractivity contribution in [1.29, 1.82) is 0 Å². The summed E-state index contributed by atoms with van der Waals surface area (Å²) in [6.07, 6.45) is 1.92. The van der Waals surface area contributed by atoms with Crippen molar-refractivity contribution in [2.24, 2.45) is 0 Å². The predicted octanol–water partition coefficient (Wildman–Crippen LogP) is 12.2. The molecule has 0 nitrogen and oxygen atoms in total. The fourth-order valence-corrected chi connectivity index (χ4v) is 25.8. The van der Waals surface area contributed by atoms with Crippen LogP contribution >= 0.6 is 0 Å². The van der Waals surface area contributed by atoms with Crippen molar-refractivity contribution in [2.75, 3.05) is 0 Å². The molecule has 12 aromatic carbocycles. The minimum absolute atomic E-state index is 0.0298. The van der Waals surface area contributed by atoms with Gasteiger partial charge in [-0.3, -0.25) is 0 Å². The molecule has 2 heterocycles. The molecular formula is C76H54Si2. The average Bonchev–Trinajstić information content (AvgIpc) is 4.11. The number of fused-ring (bicyclic) bond motifs is 14. The number of hydrogen-bond acceptors (Lipinski definition) is 0. The lowest BCUT2D eigenvalue weighted by molar-refractivity contribution is 0.975. The molecule has 0 saturated heterocycles. The summed E-state index contributed by atoms with van der Waals surface area (Å²) in [4.78, 5) is 0. The first-order chi connectivity index (χ1) is 38.7. The van der Waals surface area contributed by atoms with Gasteiger partial charge in [0, 0.05) is 11.8 Å². The maximum Gasteiger partial charge on any atom is 0.180 e. The molecule has 0 aromatic heterocycles. The van der Waals surface area contributed by atoms with E-state index in [-0.39, 0.29) is 11.8 Å². The molecule has 4 aliphatic rings. The molecule has 2 heteroatoms. The Balaban J connectivity index is 0.902. The monoisotopic (exact) mass is 1020 g/mol. The molecule has 366 valence electrons. The van der Waals surface area contributed by atoms with Gasteiger partial charge < -0.3 is 0 Å². The number of rotatable bonds is 7. The second-order valence-electron chi connectivity index (χ2n) is 22.1. The Morgan fingerprint density at radius 1 is 0.256 bits per heavy atom. The van der Waals surface area contributed by atoms with E-state index in [0.29, 0.717) is 0 Å². The SMILES string of the molecule is c1ccc([Si](c2ccccc2)(c2ccccc2)c2cc(C3c4ccccc4-c4ccccc43)cc(C3c4ccccc4-c4cc(-c5ccc6c(c5)Cc5ccccc5[Si]65c6ccccc6Cc6ccccc65)ccc43)c2)cc1. The van der Waals surface area contributed by atoms with Crippen molar-refractivity contribution in [2.45, 2.75) is 24.7 Å². The van der Waals surface area contributed by atoms with Crippen LogP contribution in [0.2, 0.25) is 0 Å². The molecule has 12 aromatic rings. The predicted molar refractivity (Wildman–Crippen MR) is 330 cm³/mol. The summed E-state index contributed by atoms with van der Waals surface area (Å²) >= 11 is 0. The molecule has 16 rings (SSSR count). The minimum Gasteiger partial charge on any atom is -0.0623 e. The summed E-state index contributed by atoms with van der Waals surface area (Å²) in [6.45, 7) is 0. The summed E-state index contributed by atoms with van der Waals surface area (Å²) in [7, 11) is -5.59. The third-order valence-electron chi connectivity index (χ3n) is 18.3. The Labute approximate surface area is 459 Å². The third kappa shape index (κ3) is 6.57. The van der Waals surface area contributed by atoms with Crippen LogP contribution < -0.4 is 41.5 Å². The first-order valence-corrected chi connectivity index (χ1v) is 31.8. The van der Waals surface area contributed by atoms with Gasteiger partial charge in [-0.2, -0.15) is 0 Å². The summed E-state index contributed by atoms with van der Waals surface area (Å²) in [5, 5.41) is 11.7. The van der Waals surface area contributed by atoms with E-state index < -0.39 is 16.1 Å². The highest BCUT2D eigenvalue weighted by molar-refractivity contribution is 7.21.